The first-order valence-corrected chi connectivity index (χ1v) is 6.63. The van der Waals surface area contributed by atoms with Crippen molar-refractivity contribution in [2.45, 2.75) is 56.7 Å². The first kappa shape index (κ1) is 12.3. The number of nitrogens with zero attached hydrogens (tertiary/aromatic N) is 1. The minimum Gasteiger partial charge on any atom is -0.394 e. The lowest BCUT2D eigenvalue weighted by molar-refractivity contribution is 0.136. The van der Waals surface area contributed by atoms with Crippen LogP contribution in [0.4, 0.5) is 0 Å². The molecule has 0 amide bonds. The quantitative estimate of drug-likeness (QED) is 0.740. The number of hydrogen-bond donors (Lipinski definition) is 2. The molecule has 0 aliphatic heterocycles. The molecule has 3 nitrogen and oxygen atoms in total. The van der Waals surface area contributed by atoms with Gasteiger partial charge in [0.1, 0.15) is 0 Å². The van der Waals surface area contributed by atoms with Gasteiger partial charge in [-0.3, -0.25) is 0 Å². The van der Waals surface area contributed by atoms with Gasteiger partial charge in [-0.05, 0) is 59.0 Å². The van der Waals surface area contributed by atoms with Gasteiger partial charge in [0.25, 0.3) is 0 Å². The fourth-order valence-corrected chi connectivity index (χ4v) is 3.14. The fraction of sp³-hybridized carbons (Fsp3) is 1.00. The highest BCUT2D eigenvalue weighted by Gasteiger charge is 2.41. The Morgan fingerprint density at radius 1 is 1.44 bits per heavy atom. The predicted octanol–water partition coefficient (Wildman–Crippen LogP) is 1.22. The van der Waals surface area contributed by atoms with Crippen LogP contribution in [0.1, 0.15) is 39.0 Å². The molecular formula is C13H26N2O. The molecule has 0 aromatic carbocycles. The second kappa shape index (κ2) is 4.63. The van der Waals surface area contributed by atoms with Gasteiger partial charge < -0.3 is 15.3 Å². The van der Waals surface area contributed by atoms with Gasteiger partial charge in [-0.15, -0.1) is 0 Å². The fourth-order valence-electron chi connectivity index (χ4n) is 3.14. The van der Waals surface area contributed by atoms with Crippen molar-refractivity contribution in [3.8, 4) is 0 Å². The Morgan fingerprint density at radius 2 is 2.12 bits per heavy atom. The molecule has 94 valence electrons. The summed E-state index contributed by atoms with van der Waals surface area (Å²) in [5, 5.41) is 12.8. The van der Waals surface area contributed by atoms with Crippen LogP contribution in [0.5, 0.6) is 0 Å². The van der Waals surface area contributed by atoms with Crippen LogP contribution in [-0.4, -0.2) is 48.3 Å². The van der Waals surface area contributed by atoms with E-state index >= 15 is 0 Å². The van der Waals surface area contributed by atoms with Gasteiger partial charge in [0.05, 0.1) is 6.61 Å². The van der Waals surface area contributed by atoms with Crippen molar-refractivity contribution in [3.05, 3.63) is 0 Å². The van der Waals surface area contributed by atoms with Crippen molar-refractivity contribution in [2.75, 3.05) is 20.7 Å². The normalized spacial score (nSPS) is 36.9. The van der Waals surface area contributed by atoms with E-state index in [9.17, 15) is 5.11 Å². The van der Waals surface area contributed by atoms with E-state index in [-0.39, 0.29) is 12.1 Å². The molecule has 0 spiro atoms. The number of likely N-dealkylation sites (N-methyl/N-ethyl adjacent to an activating group) is 1. The van der Waals surface area contributed by atoms with Gasteiger partial charge in [-0.1, -0.05) is 0 Å². The maximum absolute atomic E-state index is 9.50. The minimum absolute atomic E-state index is 0.0117. The van der Waals surface area contributed by atoms with Crippen molar-refractivity contribution >= 4 is 0 Å². The zero-order valence-electron chi connectivity index (χ0n) is 10.9. The molecule has 0 aromatic heterocycles. The average Bonchev–Trinajstić information content (AvgIpc) is 3.07. The first-order valence-electron chi connectivity index (χ1n) is 6.63. The van der Waals surface area contributed by atoms with Crippen LogP contribution in [0.25, 0.3) is 0 Å². The van der Waals surface area contributed by atoms with Crippen LogP contribution in [0, 0.1) is 5.92 Å². The molecule has 2 N–H and O–H groups in total. The summed E-state index contributed by atoms with van der Waals surface area (Å²) in [6.45, 7) is 2.63. The lowest BCUT2D eigenvalue weighted by Crippen LogP contribution is -2.46. The average molecular weight is 226 g/mol. The summed E-state index contributed by atoms with van der Waals surface area (Å²) in [6.07, 6.45) is 6.24. The highest BCUT2D eigenvalue weighted by atomic mass is 16.3. The molecule has 0 bridgehead atoms. The van der Waals surface area contributed by atoms with E-state index in [2.05, 4.69) is 24.2 Å². The molecule has 0 radical (unpaired) electrons. The van der Waals surface area contributed by atoms with Crippen molar-refractivity contribution in [1.82, 2.24) is 10.2 Å². The number of nitrogens with one attached hydrogen (secondary N) is 1. The number of aliphatic hydroxyl groups excluding tert-OH is 1. The number of hydrogen-bond acceptors (Lipinski definition) is 3. The predicted molar refractivity (Wildman–Crippen MR) is 66.5 cm³/mol. The van der Waals surface area contributed by atoms with Gasteiger partial charge in [0, 0.05) is 17.6 Å². The van der Waals surface area contributed by atoms with Crippen LogP contribution in [0.2, 0.25) is 0 Å². The molecule has 2 fully saturated rings. The molecule has 16 heavy (non-hydrogen) atoms. The van der Waals surface area contributed by atoms with Crippen molar-refractivity contribution in [3.63, 3.8) is 0 Å². The van der Waals surface area contributed by atoms with Gasteiger partial charge in [-0.2, -0.15) is 0 Å². The second-order valence-electron chi connectivity index (χ2n) is 5.83. The van der Waals surface area contributed by atoms with Crippen LogP contribution in [0.3, 0.4) is 0 Å². The number of rotatable bonds is 5. The first-order chi connectivity index (χ1) is 7.62. The maximum atomic E-state index is 9.50. The Balaban J connectivity index is 1.91. The van der Waals surface area contributed by atoms with Crippen LogP contribution >= 0.6 is 0 Å². The Morgan fingerprint density at radius 3 is 2.56 bits per heavy atom. The zero-order chi connectivity index (χ0) is 11.8. The van der Waals surface area contributed by atoms with E-state index < -0.39 is 0 Å². The standard InChI is InChI=1S/C13H26N2O/c1-10(11-4-5-11)15(3)12-6-7-13(8-12,9-16)14-2/h10-12,14,16H,4-9H2,1-3H3. The van der Waals surface area contributed by atoms with E-state index in [1.165, 1.54) is 19.3 Å². The van der Waals surface area contributed by atoms with Crippen molar-refractivity contribution in [2.24, 2.45) is 5.92 Å². The molecule has 0 heterocycles. The summed E-state index contributed by atoms with van der Waals surface area (Å²) in [6, 6.07) is 1.37. The molecule has 2 aliphatic carbocycles. The monoisotopic (exact) mass is 226 g/mol. The molecule has 2 aliphatic rings. The molecule has 0 saturated heterocycles. The SMILES string of the molecule is CNC1(CO)CCC(N(C)C(C)C2CC2)C1. The topological polar surface area (TPSA) is 35.5 Å². The number of aliphatic hydroxyl groups is 1. The molecule has 2 rings (SSSR count). The second-order valence-corrected chi connectivity index (χ2v) is 5.83. The molecule has 2 saturated carbocycles. The van der Waals surface area contributed by atoms with E-state index in [0.717, 1.165) is 24.8 Å². The van der Waals surface area contributed by atoms with E-state index in [1.807, 2.05) is 7.05 Å². The molecule has 3 heteroatoms. The smallest absolute Gasteiger partial charge is 0.0613 e. The maximum Gasteiger partial charge on any atom is 0.0613 e. The Hall–Kier alpha value is -0.120. The van der Waals surface area contributed by atoms with Gasteiger partial charge >= 0.3 is 0 Å². The van der Waals surface area contributed by atoms with E-state index in [4.69, 9.17) is 0 Å². The Bertz CT molecular complexity index is 236. The van der Waals surface area contributed by atoms with E-state index in [0.29, 0.717) is 6.04 Å². The third kappa shape index (κ3) is 2.27. The summed E-state index contributed by atoms with van der Waals surface area (Å²) < 4.78 is 0. The summed E-state index contributed by atoms with van der Waals surface area (Å²) in [4.78, 5) is 2.55. The van der Waals surface area contributed by atoms with Gasteiger partial charge in [0.15, 0.2) is 0 Å². The Labute approximate surface area is 99.2 Å². The highest BCUT2D eigenvalue weighted by molar-refractivity contribution is 5.00. The molecule has 0 aromatic rings. The summed E-state index contributed by atoms with van der Waals surface area (Å²) >= 11 is 0. The molecular weight excluding hydrogens is 200 g/mol. The molecule has 3 unspecified atom stereocenters. The van der Waals surface area contributed by atoms with Gasteiger partial charge in [-0.25, -0.2) is 0 Å². The van der Waals surface area contributed by atoms with Crippen LogP contribution in [0.15, 0.2) is 0 Å². The summed E-state index contributed by atoms with van der Waals surface area (Å²) in [5.41, 5.74) is -0.0117. The van der Waals surface area contributed by atoms with Crippen LogP contribution < -0.4 is 5.32 Å². The van der Waals surface area contributed by atoms with Crippen LogP contribution in [-0.2, 0) is 0 Å². The third-order valence-corrected chi connectivity index (χ3v) is 4.94. The molecule has 3 atom stereocenters. The lowest BCUT2D eigenvalue weighted by Gasteiger charge is -2.33. The zero-order valence-corrected chi connectivity index (χ0v) is 10.9. The summed E-state index contributed by atoms with van der Waals surface area (Å²) in [5.74, 6) is 0.934. The largest absolute Gasteiger partial charge is 0.394 e. The van der Waals surface area contributed by atoms with Gasteiger partial charge in [0.2, 0.25) is 0 Å². The highest BCUT2D eigenvalue weighted by Crippen LogP contribution is 2.39. The Kier molecular flexibility index (Phi) is 3.57. The third-order valence-electron chi connectivity index (χ3n) is 4.94. The van der Waals surface area contributed by atoms with Crippen molar-refractivity contribution < 1.29 is 5.11 Å². The lowest BCUT2D eigenvalue weighted by atomic mass is 9.98. The van der Waals surface area contributed by atoms with Crippen molar-refractivity contribution in [1.29, 1.82) is 0 Å². The summed E-state index contributed by atoms with van der Waals surface area (Å²) in [7, 11) is 4.24. The minimum atomic E-state index is -0.0117. The van der Waals surface area contributed by atoms with E-state index in [1.54, 1.807) is 0 Å².